The van der Waals surface area contributed by atoms with E-state index in [9.17, 15) is 0 Å². The summed E-state index contributed by atoms with van der Waals surface area (Å²) in [5, 5.41) is 3.16. The van der Waals surface area contributed by atoms with Gasteiger partial charge in [0, 0.05) is 17.2 Å². The molecule has 2 aromatic rings. The van der Waals surface area contributed by atoms with Gasteiger partial charge in [-0.05, 0) is 42.7 Å². The van der Waals surface area contributed by atoms with Gasteiger partial charge in [-0.3, -0.25) is 4.99 Å². The molecule has 1 aliphatic rings. The number of benzene rings is 2. The number of rotatable bonds is 8. The molecule has 0 aliphatic heterocycles. The molecular weight excluding hydrogens is 394 g/mol. The Hall–Kier alpha value is -3.09. The fourth-order valence-electron chi connectivity index (χ4n) is 4.27. The molecule has 7 nitrogen and oxygen atoms in total. The fourth-order valence-corrected chi connectivity index (χ4v) is 4.27. The Bertz CT molecular complexity index is 908. The molecule has 3 rings (SSSR count). The molecule has 0 atom stereocenters. The Morgan fingerprint density at radius 2 is 1.42 bits per heavy atom. The van der Waals surface area contributed by atoms with Crippen molar-refractivity contribution in [1.82, 2.24) is 0 Å². The van der Waals surface area contributed by atoms with Gasteiger partial charge >= 0.3 is 0 Å². The molecule has 1 fully saturated rings. The lowest BCUT2D eigenvalue weighted by molar-refractivity contribution is 0.298. The Balaban J connectivity index is 1.82. The van der Waals surface area contributed by atoms with Crippen LogP contribution in [0.5, 0.6) is 23.0 Å². The number of aliphatic imine (C=N–C) groups is 1. The third-order valence-corrected chi connectivity index (χ3v) is 6.01. The van der Waals surface area contributed by atoms with Crippen LogP contribution in [-0.2, 0) is 5.41 Å². The number of nitrogens with one attached hydrogen (secondary N) is 1. The van der Waals surface area contributed by atoms with E-state index < -0.39 is 0 Å². The molecule has 2 aromatic carbocycles. The molecule has 0 radical (unpaired) electrons. The van der Waals surface area contributed by atoms with Crippen LogP contribution in [0.3, 0.4) is 0 Å². The van der Waals surface area contributed by atoms with E-state index in [0.29, 0.717) is 24.0 Å². The van der Waals surface area contributed by atoms with Crippen LogP contribution in [0, 0.1) is 0 Å². The van der Waals surface area contributed by atoms with E-state index in [2.05, 4.69) is 17.4 Å². The van der Waals surface area contributed by atoms with E-state index in [1.165, 1.54) is 24.8 Å². The van der Waals surface area contributed by atoms with Gasteiger partial charge in [-0.15, -0.1) is 0 Å². The Morgan fingerprint density at radius 1 is 0.839 bits per heavy atom. The maximum atomic E-state index is 6.25. The van der Waals surface area contributed by atoms with Crippen LogP contribution in [0.1, 0.15) is 37.7 Å². The van der Waals surface area contributed by atoms with Crippen molar-refractivity contribution in [1.29, 1.82) is 0 Å². The van der Waals surface area contributed by atoms with Gasteiger partial charge in [0.05, 0.1) is 35.0 Å². The van der Waals surface area contributed by atoms with E-state index >= 15 is 0 Å². The molecule has 1 saturated carbocycles. The second-order valence-electron chi connectivity index (χ2n) is 7.81. The number of ether oxygens (including phenoxy) is 4. The van der Waals surface area contributed by atoms with Gasteiger partial charge in [0.1, 0.15) is 0 Å². The number of hydrogen-bond acceptors (Lipinski definition) is 5. The number of guanidine groups is 1. The van der Waals surface area contributed by atoms with Crippen molar-refractivity contribution >= 4 is 11.6 Å². The molecule has 0 aromatic heterocycles. The molecule has 0 amide bonds. The highest BCUT2D eigenvalue weighted by molar-refractivity contribution is 5.92. The standard InChI is InChI=1S/C24H33N3O4/c1-28-19-10-8-17(14-21(19)30-3)24(12-6-5-7-13-24)16-26-23(25)27-18-9-11-20(29-2)22(15-18)31-4/h8-11,14-15H,5-7,12-13,16H2,1-4H3,(H3,25,26,27). The molecule has 3 N–H and O–H groups in total. The summed E-state index contributed by atoms with van der Waals surface area (Å²) >= 11 is 0. The summed E-state index contributed by atoms with van der Waals surface area (Å²) < 4.78 is 21.6. The van der Waals surface area contributed by atoms with Gasteiger partial charge in [-0.25, -0.2) is 0 Å². The van der Waals surface area contributed by atoms with Crippen molar-refractivity contribution in [3.63, 3.8) is 0 Å². The first-order chi connectivity index (χ1) is 15.0. The third-order valence-electron chi connectivity index (χ3n) is 6.01. The number of nitrogens with two attached hydrogens (primary N) is 1. The Morgan fingerprint density at radius 3 is 2.03 bits per heavy atom. The molecule has 0 spiro atoms. The summed E-state index contributed by atoms with van der Waals surface area (Å²) in [4.78, 5) is 4.73. The minimum atomic E-state index is -0.0678. The van der Waals surface area contributed by atoms with Crippen molar-refractivity contribution in [3.8, 4) is 23.0 Å². The topological polar surface area (TPSA) is 87.3 Å². The van der Waals surface area contributed by atoms with E-state index in [1.54, 1.807) is 28.4 Å². The van der Waals surface area contributed by atoms with Crippen LogP contribution >= 0.6 is 0 Å². The zero-order valence-corrected chi connectivity index (χ0v) is 18.9. The lowest BCUT2D eigenvalue weighted by Crippen LogP contribution is -2.34. The molecular formula is C24H33N3O4. The van der Waals surface area contributed by atoms with Gasteiger partial charge in [0.15, 0.2) is 29.0 Å². The maximum Gasteiger partial charge on any atom is 0.193 e. The number of anilines is 1. The molecule has 31 heavy (non-hydrogen) atoms. The SMILES string of the molecule is COc1ccc(NC(N)=NCC2(c3ccc(OC)c(OC)c3)CCCCC2)cc1OC. The quantitative estimate of drug-likeness (QED) is 0.481. The lowest BCUT2D eigenvalue weighted by atomic mass is 9.69. The number of nitrogens with zero attached hydrogens (tertiary/aromatic N) is 1. The van der Waals surface area contributed by atoms with Gasteiger partial charge in [0.2, 0.25) is 0 Å². The highest BCUT2D eigenvalue weighted by atomic mass is 16.5. The van der Waals surface area contributed by atoms with Crippen LogP contribution in [0.25, 0.3) is 0 Å². The average Bonchev–Trinajstić information content (AvgIpc) is 2.82. The summed E-state index contributed by atoms with van der Waals surface area (Å²) in [5.41, 5.74) is 8.19. The predicted molar refractivity (Wildman–Crippen MR) is 124 cm³/mol. The normalized spacial score (nSPS) is 15.8. The van der Waals surface area contributed by atoms with E-state index in [1.807, 2.05) is 24.3 Å². The van der Waals surface area contributed by atoms with Gasteiger partial charge in [-0.2, -0.15) is 0 Å². The largest absolute Gasteiger partial charge is 0.493 e. The maximum absolute atomic E-state index is 6.25. The van der Waals surface area contributed by atoms with E-state index in [4.69, 9.17) is 29.7 Å². The second-order valence-corrected chi connectivity index (χ2v) is 7.81. The zero-order chi connectivity index (χ0) is 22.3. The molecule has 0 bridgehead atoms. The van der Waals surface area contributed by atoms with Crippen molar-refractivity contribution in [2.24, 2.45) is 10.7 Å². The summed E-state index contributed by atoms with van der Waals surface area (Å²) in [6.45, 7) is 0.606. The van der Waals surface area contributed by atoms with Crippen LogP contribution < -0.4 is 30.0 Å². The molecule has 1 aliphatic carbocycles. The predicted octanol–water partition coefficient (Wildman–Crippen LogP) is 4.35. The van der Waals surface area contributed by atoms with Crippen LogP contribution in [-0.4, -0.2) is 40.9 Å². The lowest BCUT2D eigenvalue weighted by Gasteiger charge is -2.37. The average molecular weight is 428 g/mol. The molecule has 0 saturated heterocycles. The van der Waals surface area contributed by atoms with Crippen LogP contribution in [0.15, 0.2) is 41.4 Å². The molecule has 0 heterocycles. The minimum Gasteiger partial charge on any atom is -0.493 e. The van der Waals surface area contributed by atoms with Gasteiger partial charge in [-0.1, -0.05) is 25.3 Å². The molecule has 168 valence electrons. The number of methoxy groups -OCH3 is 4. The Kier molecular flexibility index (Phi) is 7.50. The smallest absolute Gasteiger partial charge is 0.193 e. The molecule has 0 unspecified atom stereocenters. The summed E-state index contributed by atoms with van der Waals surface area (Å²) in [7, 11) is 6.53. The van der Waals surface area contributed by atoms with Crippen molar-refractivity contribution in [2.45, 2.75) is 37.5 Å². The summed E-state index contributed by atoms with van der Waals surface area (Å²) in [6, 6.07) is 11.7. The summed E-state index contributed by atoms with van der Waals surface area (Å²) in [5.74, 6) is 3.14. The van der Waals surface area contributed by atoms with Crippen molar-refractivity contribution < 1.29 is 18.9 Å². The second kappa shape index (κ2) is 10.3. The van der Waals surface area contributed by atoms with Crippen molar-refractivity contribution in [2.75, 3.05) is 40.3 Å². The van der Waals surface area contributed by atoms with Crippen LogP contribution in [0.2, 0.25) is 0 Å². The van der Waals surface area contributed by atoms with Gasteiger partial charge < -0.3 is 30.0 Å². The Labute approximate surface area is 184 Å². The monoisotopic (exact) mass is 427 g/mol. The fraction of sp³-hybridized carbons (Fsp3) is 0.458. The number of hydrogen-bond donors (Lipinski definition) is 2. The highest BCUT2D eigenvalue weighted by Crippen LogP contribution is 2.42. The summed E-state index contributed by atoms with van der Waals surface area (Å²) in [6.07, 6.45) is 5.73. The van der Waals surface area contributed by atoms with E-state index in [-0.39, 0.29) is 5.41 Å². The zero-order valence-electron chi connectivity index (χ0n) is 18.9. The minimum absolute atomic E-state index is 0.0678. The first kappa shape index (κ1) is 22.6. The van der Waals surface area contributed by atoms with E-state index in [0.717, 1.165) is 30.0 Å². The first-order valence-corrected chi connectivity index (χ1v) is 10.6. The first-order valence-electron chi connectivity index (χ1n) is 10.6. The molecule has 7 heteroatoms. The highest BCUT2D eigenvalue weighted by Gasteiger charge is 2.34. The third kappa shape index (κ3) is 5.16. The van der Waals surface area contributed by atoms with Crippen molar-refractivity contribution in [3.05, 3.63) is 42.0 Å². The van der Waals surface area contributed by atoms with Gasteiger partial charge in [0.25, 0.3) is 0 Å². The van der Waals surface area contributed by atoms with Crippen LogP contribution in [0.4, 0.5) is 5.69 Å².